The van der Waals surface area contributed by atoms with E-state index in [-0.39, 0.29) is 6.16 Å². The molecule has 0 aromatic heterocycles. The van der Waals surface area contributed by atoms with Gasteiger partial charge in [-0.25, -0.2) is 0 Å². The zero-order valence-electron chi connectivity index (χ0n) is 6.60. The lowest BCUT2D eigenvalue weighted by molar-refractivity contribution is -0.153. The topological polar surface area (TPSA) is 26.3 Å². The minimum absolute atomic E-state index is 0.0343. The molecule has 0 fully saturated rings. The van der Waals surface area contributed by atoms with Crippen molar-refractivity contribution < 1.29 is 22.3 Å². The minimum Gasteiger partial charge on any atom is -0.316 e. The third-order valence-electron chi connectivity index (χ3n) is 1.17. The average Bonchev–Trinajstić information content (AvgIpc) is 1.99. The molecule has 2 nitrogen and oxygen atoms in total. The van der Waals surface area contributed by atoms with E-state index in [1.165, 1.54) is 6.92 Å². The van der Waals surface area contributed by atoms with Crippen molar-refractivity contribution in [2.24, 2.45) is 0 Å². The molecule has 6 heteroatoms. The third-order valence-corrected chi connectivity index (χ3v) is 3.17. The van der Waals surface area contributed by atoms with Crippen LogP contribution in [0.25, 0.3) is 0 Å². The number of alkyl halides is 3. The molecule has 1 atom stereocenters. The van der Waals surface area contributed by atoms with Gasteiger partial charge in [0.25, 0.3) is 0 Å². The van der Waals surface area contributed by atoms with Gasteiger partial charge in [0.05, 0.1) is 0 Å². The van der Waals surface area contributed by atoms with Crippen molar-refractivity contribution in [2.75, 3.05) is 12.8 Å². The molecule has 72 valence electrons. The Morgan fingerprint density at radius 2 is 2.08 bits per heavy atom. The first kappa shape index (κ1) is 11.7. The van der Waals surface area contributed by atoms with Gasteiger partial charge in [0, 0.05) is 6.16 Å². The van der Waals surface area contributed by atoms with Gasteiger partial charge < -0.3 is 4.52 Å². The summed E-state index contributed by atoms with van der Waals surface area (Å²) < 4.78 is 50.1. The summed E-state index contributed by atoms with van der Waals surface area (Å²) in [6.45, 7) is 3.15. The van der Waals surface area contributed by atoms with Gasteiger partial charge in [0.2, 0.25) is 7.37 Å². The standard InChI is InChI=1S/C6H10F3O2P/c1-3-12(10,4-2)11-5-6(7,8)9/h3H,1,4-5H2,2H3. The summed E-state index contributed by atoms with van der Waals surface area (Å²) in [5.41, 5.74) is 0. The van der Waals surface area contributed by atoms with Gasteiger partial charge in [0.1, 0.15) is 0 Å². The Hall–Kier alpha value is -0.280. The van der Waals surface area contributed by atoms with Crippen LogP contribution in [0.4, 0.5) is 13.2 Å². The van der Waals surface area contributed by atoms with Crippen LogP contribution in [0.15, 0.2) is 12.4 Å². The Morgan fingerprint density at radius 1 is 1.58 bits per heavy atom. The Labute approximate surface area is 68.9 Å². The Bertz CT molecular complexity index is 199. The van der Waals surface area contributed by atoms with Gasteiger partial charge in [-0.3, -0.25) is 4.57 Å². The smallest absolute Gasteiger partial charge is 0.316 e. The van der Waals surface area contributed by atoms with Crippen molar-refractivity contribution in [2.45, 2.75) is 13.1 Å². The summed E-state index contributed by atoms with van der Waals surface area (Å²) in [7, 11) is -3.23. The largest absolute Gasteiger partial charge is 0.412 e. The maximum Gasteiger partial charge on any atom is 0.412 e. The average molecular weight is 202 g/mol. The van der Waals surface area contributed by atoms with Gasteiger partial charge in [-0.15, -0.1) is 0 Å². The maximum absolute atomic E-state index is 11.6. The summed E-state index contributed by atoms with van der Waals surface area (Å²) in [5, 5.41) is 0. The van der Waals surface area contributed by atoms with Crippen LogP contribution in [-0.2, 0) is 9.09 Å². The summed E-state index contributed by atoms with van der Waals surface area (Å²) in [6.07, 6.45) is -4.40. The molecule has 0 N–H and O–H groups in total. The van der Waals surface area contributed by atoms with E-state index in [2.05, 4.69) is 11.1 Å². The Morgan fingerprint density at radius 3 is 2.33 bits per heavy atom. The molecule has 0 aromatic carbocycles. The van der Waals surface area contributed by atoms with Crippen molar-refractivity contribution in [3.63, 3.8) is 0 Å². The maximum atomic E-state index is 11.6. The fourth-order valence-corrected chi connectivity index (χ4v) is 1.37. The second-order valence-electron chi connectivity index (χ2n) is 2.11. The lowest BCUT2D eigenvalue weighted by Gasteiger charge is -2.13. The molecule has 0 amide bonds. The summed E-state index contributed by atoms with van der Waals surface area (Å²) in [5.74, 6) is 0.943. The van der Waals surface area contributed by atoms with Crippen molar-refractivity contribution in [3.8, 4) is 0 Å². The van der Waals surface area contributed by atoms with Gasteiger partial charge >= 0.3 is 6.18 Å². The highest BCUT2D eigenvalue weighted by Gasteiger charge is 2.31. The first-order valence-electron chi connectivity index (χ1n) is 3.26. The molecular weight excluding hydrogens is 192 g/mol. The number of halogens is 3. The normalized spacial score (nSPS) is 17.0. The van der Waals surface area contributed by atoms with E-state index in [1.54, 1.807) is 0 Å². The molecule has 0 saturated carbocycles. The summed E-state index contributed by atoms with van der Waals surface area (Å²) in [6, 6.07) is 0. The molecule has 0 spiro atoms. The monoisotopic (exact) mass is 202 g/mol. The van der Waals surface area contributed by atoms with E-state index in [0.717, 1.165) is 5.82 Å². The Balaban J connectivity index is 4.08. The molecule has 0 heterocycles. The van der Waals surface area contributed by atoms with Crippen LogP contribution in [-0.4, -0.2) is 18.9 Å². The van der Waals surface area contributed by atoms with Gasteiger partial charge in [-0.1, -0.05) is 13.5 Å². The number of hydrogen-bond acceptors (Lipinski definition) is 2. The van der Waals surface area contributed by atoms with E-state index in [1.807, 2.05) is 0 Å². The molecule has 0 aliphatic heterocycles. The van der Waals surface area contributed by atoms with Crippen molar-refractivity contribution in [1.82, 2.24) is 0 Å². The van der Waals surface area contributed by atoms with E-state index in [9.17, 15) is 17.7 Å². The van der Waals surface area contributed by atoms with Crippen LogP contribution in [0.2, 0.25) is 0 Å². The van der Waals surface area contributed by atoms with E-state index >= 15 is 0 Å². The molecular formula is C6H10F3O2P. The van der Waals surface area contributed by atoms with Crippen LogP contribution in [0.5, 0.6) is 0 Å². The third kappa shape index (κ3) is 4.57. The molecule has 0 bridgehead atoms. The van der Waals surface area contributed by atoms with Gasteiger partial charge in [-0.05, 0) is 5.82 Å². The van der Waals surface area contributed by atoms with Gasteiger partial charge in [-0.2, -0.15) is 13.2 Å². The van der Waals surface area contributed by atoms with Crippen LogP contribution in [0.3, 0.4) is 0 Å². The van der Waals surface area contributed by atoms with E-state index in [4.69, 9.17) is 0 Å². The van der Waals surface area contributed by atoms with Crippen molar-refractivity contribution >= 4 is 7.37 Å². The first-order chi connectivity index (χ1) is 5.33. The molecule has 0 saturated heterocycles. The lowest BCUT2D eigenvalue weighted by Crippen LogP contribution is -2.15. The van der Waals surface area contributed by atoms with E-state index < -0.39 is 20.2 Å². The van der Waals surface area contributed by atoms with E-state index in [0.29, 0.717) is 0 Å². The number of hydrogen-bond donors (Lipinski definition) is 0. The summed E-state index contributed by atoms with van der Waals surface area (Å²) >= 11 is 0. The fraction of sp³-hybridized carbons (Fsp3) is 0.667. The van der Waals surface area contributed by atoms with Crippen LogP contribution < -0.4 is 0 Å². The lowest BCUT2D eigenvalue weighted by atomic mass is 10.7. The van der Waals surface area contributed by atoms with Crippen LogP contribution >= 0.6 is 7.37 Å². The highest BCUT2D eigenvalue weighted by Crippen LogP contribution is 2.48. The molecule has 0 radical (unpaired) electrons. The molecule has 1 unspecified atom stereocenters. The zero-order valence-corrected chi connectivity index (χ0v) is 7.49. The second-order valence-corrected chi connectivity index (χ2v) is 4.82. The zero-order chi connectivity index (χ0) is 9.83. The van der Waals surface area contributed by atoms with Gasteiger partial charge in [0.15, 0.2) is 6.61 Å². The highest BCUT2D eigenvalue weighted by atomic mass is 31.2. The fourth-order valence-electron chi connectivity index (χ4n) is 0.456. The Kier molecular flexibility index (Phi) is 4.00. The molecule has 0 rings (SSSR count). The predicted octanol–water partition coefficient (Wildman–Crippen LogP) is 3.01. The molecule has 0 aliphatic carbocycles. The quantitative estimate of drug-likeness (QED) is 0.655. The molecule has 12 heavy (non-hydrogen) atoms. The molecule has 0 aromatic rings. The minimum atomic E-state index is -4.44. The van der Waals surface area contributed by atoms with Crippen molar-refractivity contribution in [1.29, 1.82) is 0 Å². The summed E-state index contributed by atoms with van der Waals surface area (Å²) in [4.78, 5) is 0. The van der Waals surface area contributed by atoms with Crippen LogP contribution in [0, 0.1) is 0 Å². The van der Waals surface area contributed by atoms with Crippen LogP contribution in [0.1, 0.15) is 6.92 Å². The number of rotatable bonds is 4. The SMILES string of the molecule is C=CP(=O)(CC)OCC(F)(F)F. The highest BCUT2D eigenvalue weighted by molar-refractivity contribution is 7.62. The first-order valence-corrected chi connectivity index (χ1v) is 5.14. The predicted molar refractivity (Wildman–Crippen MR) is 40.4 cm³/mol. The van der Waals surface area contributed by atoms with Crippen molar-refractivity contribution in [3.05, 3.63) is 12.4 Å². The molecule has 0 aliphatic rings. The second kappa shape index (κ2) is 4.10.